The second kappa shape index (κ2) is 10.9. The zero-order valence-electron chi connectivity index (χ0n) is 16.2. The van der Waals surface area contributed by atoms with Gasteiger partial charge in [-0.3, -0.25) is 14.4 Å². The number of esters is 3. The number of hydrogen-bond donors (Lipinski definition) is 1. The van der Waals surface area contributed by atoms with E-state index < -0.39 is 47.7 Å². The fourth-order valence-electron chi connectivity index (χ4n) is 2.78. The summed E-state index contributed by atoms with van der Waals surface area (Å²) in [5.74, 6) is -1.76. The summed E-state index contributed by atoms with van der Waals surface area (Å²) in [6.45, 7) is 3.44. The van der Waals surface area contributed by atoms with Crippen LogP contribution in [-0.2, 0) is 33.3 Å². The van der Waals surface area contributed by atoms with Crippen molar-refractivity contribution in [1.29, 1.82) is 0 Å². The summed E-state index contributed by atoms with van der Waals surface area (Å²) in [6, 6.07) is 2.18. The number of halogens is 3. The van der Waals surface area contributed by atoms with Gasteiger partial charge in [-0.1, -0.05) is 46.6 Å². The maximum atomic E-state index is 11.7. The molecule has 0 spiro atoms. The van der Waals surface area contributed by atoms with E-state index in [-0.39, 0.29) is 21.7 Å². The number of rotatable bonds is 6. The highest BCUT2D eigenvalue weighted by molar-refractivity contribution is 7.99. The minimum atomic E-state index is -1.01. The van der Waals surface area contributed by atoms with Crippen molar-refractivity contribution in [2.45, 2.75) is 55.5 Å². The van der Waals surface area contributed by atoms with Gasteiger partial charge in [0.15, 0.2) is 6.10 Å². The molecule has 8 nitrogen and oxygen atoms in total. The summed E-state index contributed by atoms with van der Waals surface area (Å²) in [4.78, 5) is 35.0. The molecule has 12 heteroatoms. The van der Waals surface area contributed by atoms with Crippen LogP contribution in [0.3, 0.4) is 0 Å². The van der Waals surface area contributed by atoms with Crippen LogP contribution in [0.25, 0.3) is 0 Å². The first-order valence-corrected chi connectivity index (χ1v) is 10.7. The highest BCUT2D eigenvalue weighted by atomic mass is 35.5. The molecule has 30 heavy (non-hydrogen) atoms. The van der Waals surface area contributed by atoms with Crippen LogP contribution < -0.4 is 5.73 Å². The van der Waals surface area contributed by atoms with Gasteiger partial charge < -0.3 is 24.7 Å². The molecule has 4 unspecified atom stereocenters. The molecule has 1 heterocycles. The highest BCUT2D eigenvalue weighted by Crippen LogP contribution is 2.40. The third kappa shape index (κ3) is 6.63. The van der Waals surface area contributed by atoms with E-state index in [1.807, 2.05) is 0 Å². The zero-order valence-corrected chi connectivity index (χ0v) is 19.3. The van der Waals surface area contributed by atoms with Gasteiger partial charge in [-0.25, -0.2) is 0 Å². The fraction of sp³-hybridized carbons (Fsp3) is 0.500. The Kier molecular flexibility index (Phi) is 9.08. The molecule has 1 aromatic rings. The first-order chi connectivity index (χ1) is 14.0. The van der Waals surface area contributed by atoms with Gasteiger partial charge in [-0.05, 0) is 12.1 Å². The number of thioether (sulfide) groups is 1. The minimum Gasteiger partial charge on any atom is -0.463 e. The molecule has 1 saturated heterocycles. The van der Waals surface area contributed by atoms with Crippen LogP contribution in [-0.4, -0.2) is 54.3 Å². The molecule has 0 amide bonds. The van der Waals surface area contributed by atoms with Gasteiger partial charge in [-0.2, -0.15) is 0 Å². The van der Waals surface area contributed by atoms with Crippen molar-refractivity contribution in [2.24, 2.45) is 5.73 Å². The Morgan fingerprint density at radius 1 is 1.00 bits per heavy atom. The van der Waals surface area contributed by atoms with Crippen LogP contribution in [0.5, 0.6) is 0 Å². The summed E-state index contributed by atoms with van der Waals surface area (Å²) in [6.07, 6.45) is -2.89. The Balaban J connectivity index is 2.35. The predicted octanol–water partition coefficient (Wildman–Crippen LogP) is 3.22. The number of nitrogens with two attached hydrogens (primary N) is 1. The monoisotopic (exact) mass is 499 g/mol. The summed E-state index contributed by atoms with van der Waals surface area (Å²) >= 11 is 19.3. The molecular weight excluding hydrogens is 481 g/mol. The van der Waals surface area contributed by atoms with E-state index in [0.717, 1.165) is 11.8 Å². The number of hydrogen-bond acceptors (Lipinski definition) is 9. The SMILES string of the molecule is CC(=O)OCC1OC(Sc2cc(Cl)c(Cl)c(Cl)c2)[C@@H](OC(C)=O)C(N)C1OC(C)=O. The number of benzene rings is 1. The van der Waals surface area contributed by atoms with E-state index in [9.17, 15) is 14.4 Å². The molecule has 2 rings (SSSR count). The smallest absolute Gasteiger partial charge is 0.303 e. The molecule has 166 valence electrons. The molecule has 1 aliphatic heterocycles. The van der Waals surface area contributed by atoms with E-state index in [1.54, 1.807) is 12.1 Å². The highest BCUT2D eigenvalue weighted by Gasteiger charge is 2.48. The molecule has 0 aliphatic carbocycles. The van der Waals surface area contributed by atoms with E-state index in [0.29, 0.717) is 4.90 Å². The molecule has 0 aromatic heterocycles. The van der Waals surface area contributed by atoms with Crippen LogP contribution in [0.1, 0.15) is 20.8 Å². The average molecular weight is 501 g/mol. The Morgan fingerprint density at radius 3 is 2.03 bits per heavy atom. The second-order valence-corrected chi connectivity index (χ2v) is 8.75. The predicted molar refractivity (Wildman–Crippen MR) is 112 cm³/mol. The van der Waals surface area contributed by atoms with E-state index in [1.165, 1.54) is 20.8 Å². The summed E-state index contributed by atoms with van der Waals surface area (Å²) in [5, 5.41) is 0.651. The molecule has 0 radical (unpaired) electrons. The van der Waals surface area contributed by atoms with Crippen LogP contribution in [0.4, 0.5) is 0 Å². The van der Waals surface area contributed by atoms with Gasteiger partial charge in [0.1, 0.15) is 24.3 Å². The average Bonchev–Trinajstić information content (AvgIpc) is 2.63. The van der Waals surface area contributed by atoms with Crippen molar-refractivity contribution in [3.05, 3.63) is 27.2 Å². The zero-order chi connectivity index (χ0) is 22.6. The summed E-state index contributed by atoms with van der Waals surface area (Å²) in [7, 11) is 0. The lowest BCUT2D eigenvalue weighted by atomic mass is 9.97. The van der Waals surface area contributed by atoms with Gasteiger partial charge in [0.25, 0.3) is 0 Å². The lowest BCUT2D eigenvalue weighted by Crippen LogP contribution is -2.63. The molecule has 1 aromatic carbocycles. The Hall–Kier alpha value is -1.23. The van der Waals surface area contributed by atoms with E-state index >= 15 is 0 Å². The van der Waals surface area contributed by atoms with Crippen LogP contribution in [0.2, 0.25) is 15.1 Å². The standard InChI is InChI=1S/C18H20Cl3NO7S/c1-7(23)26-6-13-16(27-8(2)24)15(22)17(28-9(3)25)18(29-13)30-10-4-11(19)14(21)12(20)5-10/h4-5,13,15-18H,6,22H2,1-3H3/t13?,15?,16?,17-,18?/m0/s1. The normalized spacial score (nSPS) is 26.0. The Morgan fingerprint density at radius 2 is 1.53 bits per heavy atom. The molecule has 0 bridgehead atoms. The first-order valence-electron chi connectivity index (χ1n) is 8.69. The maximum absolute atomic E-state index is 11.7. The number of ether oxygens (including phenoxy) is 4. The van der Waals surface area contributed by atoms with E-state index in [4.69, 9.17) is 59.5 Å². The van der Waals surface area contributed by atoms with Crippen molar-refractivity contribution >= 4 is 64.5 Å². The quantitative estimate of drug-likeness (QED) is 0.357. The third-order valence-electron chi connectivity index (χ3n) is 3.97. The Labute approximate surface area is 192 Å². The second-order valence-electron chi connectivity index (χ2n) is 6.39. The molecular formula is C18H20Cl3NO7S. The van der Waals surface area contributed by atoms with Crippen LogP contribution >= 0.6 is 46.6 Å². The topological polar surface area (TPSA) is 114 Å². The number of carbonyl (C=O) groups excluding carboxylic acids is 3. The summed E-state index contributed by atoms with van der Waals surface area (Å²) < 4.78 is 21.6. The lowest BCUT2D eigenvalue weighted by molar-refractivity contribution is -0.201. The van der Waals surface area contributed by atoms with Crippen molar-refractivity contribution in [3.8, 4) is 0 Å². The molecule has 1 aliphatic rings. The largest absolute Gasteiger partial charge is 0.463 e. The van der Waals surface area contributed by atoms with Gasteiger partial charge in [-0.15, -0.1) is 0 Å². The first kappa shape index (κ1) is 25.0. The van der Waals surface area contributed by atoms with Gasteiger partial charge in [0.2, 0.25) is 0 Å². The van der Waals surface area contributed by atoms with Crippen molar-refractivity contribution < 1.29 is 33.3 Å². The lowest BCUT2D eigenvalue weighted by Gasteiger charge is -2.43. The molecule has 1 fully saturated rings. The van der Waals surface area contributed by atoms with E-state index in [2.05, 4.69) is 0 Å². The van der Waals surface area contributed by atoms with Crippen LogP contribution in [0.15, 0.2) is 17.0 Å². The molecule has 2 N–H and O–H groups in total. The number of carbonyl (C=O) groups is 3. The van der Waals surface area contributed by atoms with Crippen molar-refractivity contribution in [1.82, 2.24) is 0 Å². The third-order valence-corrected chi connectivity index (χ3v) is 6.28. The fourth-order valence-corrected chi connectivity index (χ4v) is 4.71. The van der Waals surface area contributed by atoms with Gasteiger partial charge in [0, 0.05) is 25.7 Å². The summed E-state index contributed by atoms with van der Waals surface area (Å²) in [5.41, 5.74) is 5.44. The van der Waals surface area contributed by atoms with Gasteiger partial charge >= 0.3 is 17.9 Å². The van der Waals surface area contributed by atoms with Crippen LogP contribution in [0, 0.1) is 0 Å². The molecule has 5 atom stereocenters. The Bertz CT molecular complexity index is 800. The molecule has 0 saturated carbocycles. The van der Waals surface area contributed by atoms with Crippen molar-refractivity contribution in [2.75, 3.05) is 6.61 Å². The van der Waals surface area contributed by atoms with Gasteiger partial charge in [0.05, 0.1) is 21.1 Å². The minimum absolute atomic E-state index is 0.197. The maximum Gasteiger partial charge on any atom is 0.303 e. The van der Waals surface area contributed by atoms with Crippen molar-refractivity contribution in [3.63, 3.8) is 0 Å².